The van der Waals surface area contributed by atoms with Gasteiger partial charge in [-0.05, 0) is 37.0 Å². The Morgan fingerprint density at radius 3 is 2.68 bits per heavy atom. The van der Waals surface area contributed by atoms with Crippen LogP contribution in [0.1, 0.15) is 51.0 Å². The van der Waals surface area contributed by atoms with Crippen molar-refractivity contribution in [3.63, 3.8) is 0 Å². The zero-order valence-electron chi connectivity index (χ0n) is 11.5. The summed E-state index contributed by atoms with van der Waals surface area (Å²) in [5, 5.41) is 8.97. The average molecular weight is 268 g/mol. The Hall–Kier alpha value is -1.58. The number of benzene rings is 1. The van der Waals surface area contributed by atoms with E-state index in [0.29, 0.717) is 24.3 Å². The molecule has 19 heavy (non-hydrogen) atoms. The van der Waals surface area contributed by atoms with Gasteiger partial charge in [0, 0.05) is 5.56 Å². The number of carboxylic acid groups (broad SMARTS) is 1. The van der Waals surface area contributed by atoms with Crippen LogP contribution in [0.5, 0.6) is 5.75 Å². The second-order valence-electron chi connectivity index (χ2n) is 4.61. The summed E-state index contributed by atoms with van der Waals surface area (Å²) in [7, 11) is 0. The van der Waals surface area contributed by atoms with Crippen LogP contribution in [0.3, 0.4) is 0 Å². The molecule has 3 nitrogen and oxygen atoms in total. The Kier molecular flexibility index (Phi) is 6.33. The molecule has 0 saturated heterocycles. The van der Waals surface area contributed by atoms with Gasteiger partial charge in [-0.3, -0.25) is 4.79 Å². The van der Waals surface area contributed by atoms with Crippen molar-refractivity contribution in [2.45, 2.75) is 45.4 Å². The van der Waals surface area contributed by atoms with Gasteiger partial charge in [0.2, 0.25) is 0 Å². The first-order valence-electron chi connectivity index (χ1n) is 6.72. The van der Waals surface area contributed by atoms with Gasteiger partial charge in [0.15, 0.2) is 0 Å². The molecule has 1 aromatic carbocycles. The molecular weight excluding hydrogens is 247 g/mol. The molecule has 0 amide bonds. The average Bonchev–Trinajstić information content (AvgIpc) is 2.36. The number of hydrogen-bond donors (Lipinski definition) is 1. The minimum atomic E-state index is -0.871. The van der Waals surface area contributed by atoms with Crippen molar-refractivity contribution in [1.82, 2.24) is 0 Å². The van der Waals surface area contributed by atoms with Gasteiger partial charge in [-0.1, -0.05) is 20.3 Å². The molecule has 1 rings (SSSR count). The molecule has 1 atom stereocenters. The zero-order chi connectivity index (χ0) is 14.3. The molecule has 0 fully saturated rings. The van der Waals surface area contributed by atoms with Crippen molar-refractivity contribution >= 4 is 5.97 Å². The third-order valence-corrected chi connectivity index (χ3v) is 2.93. The highest BCUT2D eigenvalue weighted by Gasteiger charge is 2.19. The number of rotatable bonds is 8. The van der Waals surface area contributed by atoms with Gasteiger partial charge >= 0.3 is 5.97 Å². The SMILES string of the molecule is CCCOc1ccc(F)cc1C(CCC)CC(=O)O. The zero-order valence-corrected chi connectivity index (χ0v) is 11.5. The smallest absolute Gasteiger partial charge is 0.303 e. The topological polar surface area (TPSA) is 46.5 Å². The third kappa shape index (κ3) is 4.89. The van der Waals surface area contributed by atoms with Gasteiger partial charge in [0.05, 0.1) is 13.0 Å². The standard InChI is InChI=1S/C15H21FO3/c1-3-5-11(9-15(17)18)13-10-12(16)6-7-14(13)19-8-4-2/h6-7,10-11H,3-5,8-9H2,1-2H3,(H,17,18). The van der Waals surface area contributed by atoms with E-state index in [1.807, 2.05) is 13.8 Å². The van der Waals surface area contributed by atoms with E-state index in [2.05, 4.69) is 0 Å². The Morgan fingerprint density at radius 2 is 2.11 bits per heavy atom. The largest absolute Gasteiger partial charge is 0.493 e. The molecule has 0 spiro atoms. The minimum Gasteiger partial charge on any atom is -0.493 e. The number of aliphatic carboxylic acids is 1. The predicted molar refractivity (Wildman–Crippen MR) is 72.1 cm³/mol. The quantitative estimate of drug-likeness (QED) is 0.776. The van der Waals surface area contributed by atoms with Crippen LogP contribution in [0.15, 0.2) is 18.2 Å². The van der Waals surface area contributed by atoms with Crippen LogP contribution in [0, 0.1) is 5.82 Å². The summed E-state index contributed by atoms with van der Waals surface area (Å²) in [4.78, 5) is 10.9. The number of carbonyl (C=O) groups is 1. The van der Waals surface area contributed by atoms with Gasteiger partial charge in [0.25, 0.3) is 0 Å². The summed E-state index contributed by atoms with van der Waals surface area (Å²) in [6.45, 7) is 4.52. The highest BCUT2D eigenvalue weighted by molar-refractivity contribution is 5.68. The van der Waals surface area contributed by atoms with Crippen molar-refractivity contribution < 1.29 is 19.0 Å². The van der Waals surface area contributed by atoms with E-state index in [4.69, 9.17) is 9.84 Å². The summed E-state index contributed by atoms with van der Waals surface area (Å²) in [6, 6.07) is 4.33. The lowest BCUT2D eigenvalue weighted by atomic mass is 9.90. The molecule has 1 N–H and O–H groups in total. The van der Waals surface area contributed by atoms with Crippen molar-refractivity contribution in [2.75, 3.05) is 6.61 Å². The first-order valence-corrected chi connectivity index (χ1v) is 6.72. The Balaban J connectivity index is 3.03. The lowest BCUT2D eigenvalue weighted by Gasteiger charge is -2.18. The monoisotopic (exact) mass is 268 g/mol. The molecule has 0 aliphatic rings. The number of halogens is 1. The van der Waals surface area contributed by atoms with E-state index in [1.54, 1.807) is 6.07 Å². The molecule has 0 aliphatic carbocycles. The molecule has 106 valence electrons. The third-order valence-electron chi connectivity index (χ3n) is 2.93. The van der Waals surface area contributed by atoms with E-state index >= 15 is 0 Å². The maximum Gasteiger partial charge on any atom is 0.303 e. The normalized spacial score (nSPS) is 12.2. The summed E-state index contributed by atoms with van der Waals surface area (Å²) >= 11 is 0. The molecule has 0 radical (unpaired) electrons. The second-order valence-corrected chi connectivity index (χ2v) is 4.61. The first kappa shape index (κ1) is 15.5. The van der Waals surface area contributed by atoms with Crippen LogP contribution in [0.4, 0.5) is 4.39 Å². The molecule has 4 heteroatoms. The molecule has 1 unspecified atom stereocenters. The van der Waals surface area contributed by atoms with Gasteiger partial charge in [0.1, 0.15) is 11.6 Å². The highest BCUT2D eigenvalue weighted by Crippen LogP contribution is 2.33. The Bertz CT molecular complexity index is 418. The first-order chi connectivity index (χ1) is 9.08. The van der Waals surface area contributed by atoms with Gasteiger partial charge < -0.3 is 9.84 Å². The van der Waals surface area contributed by atoms with E-state index in [0.717, 1.165) is 12.8 Å². The Labute approximate surface area is 113 Å². The maximum atomic E-state index is 13.4. The van der Waals surface area contributed by atoms with E-state index in [1.165, 1.54) is 12.1 Å². The van der Waals surface area contributed by atoms with Crippen molar-refractivity contribution in [1.29, 1.82) is 0 Å². The van der Waals surface area contributed by atoms with Crippen molar-refractivity contribution in [2.24, 2.45) is 0 Å². The van der Waals surface area contributed by atoms with Gasteiger partial charge in [-0.15, -0.1) is 0 Å². The summed E-state index contributed by atoms with van der Waals surface area (Å²) < 4.78 is 19.0. The lowest BCUT2D eigenvalue weighted by molar-refractivity contribution is -0.137. The van der Waals surface area contributed by atoms with Crippen molar-refractivity contribution in [3.8, 4) is 5.75 Å². The Morgan fingerprint density at radius 1 is 1.37 bits per heavy atom. The van der Waals surface area contributed by atoms with Gasteiger partial charge in [-0.25, -0.2) is 4.39 Å². The van der Waals surface area contributed by atoms with E-state index in [9.17, 15) is 9.18 Å². The van der Waals surface area contributed by atoms with Crippen LogP contribution in [-0.4, -0.2) is 17.7 Å². The second kappa shape index (κ2) is 7.77. The predicted octanol–water partition coefficient (Wildman–Crippen LogP) is 3.97. The molecule has 0 bridgehead atoms. The fourth-order valence-corrected chi connectivity index (χ4v) is 2.11. The highest BCUT2D eigenvalue weighted by atomic mass is 19.1. The van der Waals surface area contributed by atoms with E-state index in [-0.39, 0.29) is 18.2 Å². The molecule has 0 saturated carbocycles. The van der Waals surface area contributed by atoms with Crippen LogP contribution < -0.4 is 4.74 Å². The number of carboxylic acids is 1. The molecule has 0 aliphatic heterocycles. The summed E-state index contributed by atoms with van der Waals surface area (Å²) in [5.41, 5.74) is 0.665. The maximum absolute atomic E-state index is 13.4. The fraction of sp³-hybridized carbons (Fsp3) is 0.533. The lowest BCUT2D eigenvalue weighted by Crippen LogP contribution is -2.09. The van der Waals surface area contributed by atoms with Crippen LogP contribution in [-0.2, 0) is 4.79 Å². The molecular formula is C15H21FO3. The summed E-state index contributed by atoms with van der Waals surface area (Å²) in [6.07, 6.45) is 2.41. The molecule has 0 heterocycles. The number of ether oxygens (including phenoxy) is 1. The van der Waals surface area contributed by atoms with Crippen LogP contribution in [0.25, 0.3) is 0 Å². The van der Waals surface area contributed by atoms with E-state index < -0.39 is 5.97 Å². The molecule has 1 aromatic rings. The molecule has 0 aromatic heterocycles. The minimum absolute atomic E-state index is 0.000220. The van der Waals surface area contributed by atoms with Crippen LogP contribution >= 0.6 is 0 Å². The van der Waals surface area contributed by atoms with Gasteiger partial charge in [-0.2, -0.15) is 0 Å². The number of hydrogen-bond acceptors (Lipinski definition) is 2. The fourth-order valence-electron chi connectivity index (χ4n) is 2.11. The summed E-state index contributed by atoms with van der Waals surface area (Å²) in [5.74, 6) is -0.831. The van der Waals surface area contributed by atoms with Crippen molar-refractivity contribution in [3.05, 3.63) is 29.6 Å². The van der Waals surface area contributed by atoms with Crippen LogP contribution in [0.2, 0.25) is 0 Å².